The van der Waals surface area contributed by atoms with Crippen LogP contribution in [-0.2, 0) is 36.9 Å². The quantitative estimate of drug-likeness (QED) is 0.681. The van der Waals surface area contributed by atoms with Gasteiger partial charge in [0.2, 0.25) is 0 Å². The Morgan fingerprint density at radius 2 is 1.46 bits per heavy atom. The van der Waals surface area contributed by atoms with Crippen LogP contribution in [0.1, 0.15) is 11.1 Å². The minimum absolute atomic E-state index is 0.00253. The van der Waals surface area contributed by atoms with E-state index in [2.05, 4.69) is 0 Å². The van der Waals surface area contributed by atoms with E-state index in [1.54, 1.807) is 7.11 Å². The highest BCUT2D eigenvalue weighted by Gasteiger charge is 2.58. The monoisotopic (exact) mass is 356 g/mol. The molecule has 2 aromatic carbocycles. The van der Waals surface area contributed by atoms with E-state index in [9.17, 15) is 0 Å². The van der Waals surface area contributed by atoms with Crippen LogP contribution in [0.4, 0.5) is 0 Å². The maximum absolute atomic E-state index is 6.15. The predicted molar refractivity (Wildman–Crippen MR) is 95.4 cm³/mol. The fourth-order valence-electron chi connectivity index (χ4n) is 3.32. The summed E-state index contributed by atoms with van der Waals surface area (Å²) in [5.41, 5.74) is 2.26. The van der Waals surface area contributed by atoms with E-state index in [0.717, 1.165) is 11.1 Å². The lowest BCUT2D eigenvalue weighted by Crippen LogP contribution is -2.49. The van der Waals surface area contributed by atoms with Crippen LogP contribution < -0.4 is 0 Å². The molecule has 0 aliphatic carbocycles. The molecule has 2 aliphatic rings. The van der Waals surface area contributed by atoms with Crippen molar-refractivity contribution in [3.63, 3.8) is 0 Å². The average Bonchev–Trinajstić information content (AvgIpc) is 3.49. The summed E-state index contributed by atoms with van der Waals surface area (Å²) in [5, 5.41) is 0. The standard InChI is InChI=1S/C21H24O5/c1-22-21-20-19(26-20)18(24-13-16-10-6-3-7-11-16)17(25-21)14-23-12-15-8-4-2-5-9-15/h2-11,17-21H,12-14H2,1H3/t17-,18-,19-,20-,21+/m1/s1. The average molecular weight is 356 g/mol. The van der Waals surface area contributed by atoms with Crippen molar-refractivity contribution in [1.29, 1.82) is 0 Å². The first-order chi connectivity index (χ1) is 12.8. The number of methoxy groups -OCH3 is 1. The van der Waals surface area contributed by atoms with E-state index in [1.807, 2.05) is 60.7 Å². The Morgan fingerprint density at radius 1 is 0.808 bits per heavy atom. The number of rotatable bonds is 8. The molecule has 4 rings (SSSR count). The van der Waals surface area contributed by atoms with Crippen LogP contribution in [0.25, 0.3) is 0 Å². The maximum atomic E-state index is 6.15. The molecule has 5 heteroatoms. The summed E-state index contributed by atoms with van der Waals surface area (Å²) in [5.74, 6) is 0. The van der Waals surface area contributed by atoms with Crippen molar-refractivity contribution in [3.05, 3.63) is 71.8 Å². The summed E-state index contributed by atoms with van der Waals surface area (Å²) >= 11 is 0. The second-order valence-corrected chi connectivity index (χ2v) is 6.61. The number of epoxide rings is 1. The first kappa shape index (κ1) is 17.6. The van der Waals surface area contributed by atoms with Crippen molar-refractivity contribution < 1.29 is 23.7 Å². The fraction of sp³-hybridized carbons (Fsp3) is 0.429. The lowest BCUT2D eigenvalue weighted by Gasteiger charge is -2.32. The normalized spacial score (nSPS) is 30.0. The lowest BCUT2D eigenvalue weighted by atomic mass is 10.0. The number of hydrogen-bond acceptors (Lipinski definition) is 5. The smallest absolute Gasteiger partial charge is 0.186 e. The molecular formula is C21H24O5. The SMILES string of the molecule is CO[C@H]1O[C@H](COCc2ccccc2)[C@@H](OCc2ccccc2)[C@H]2O[C@@H]12. The topological polar surface area (TPSA) is 49.5 Å². The highest BCUT2D eigenvalue weighted by atomic mass is 16.8. The summed E-state index contributed by atoms with van der Waals surface area (Å²) in [4.78, 5) is 0. The number of ether oxygens (including phenoxy) is 5. The molecular weight excluding hydrogens is 332 g/mol. The van der Waals surface area contributed by atoms with E-state index in [1.165, 1.54) is 0 Å². The highest BCUT2D eigenvalue weighted by molar-refractivity contribution is 5.14. The molecule has 0 amide bonds. The molecule has 138 valence electrons. The van der Waals surface area contributed by atoms with Gasteiger partial charge in [0.1, 0.15) is 24.4 Å². The van der Waals surface area contributed by atoms with Gasteiger partial charge in [-0.15, -0.1) is 0 Å². The Labute approximate surface area is 153 Å². The van der Waals surface area contributed by atoms with Crippen molar-refractivity contribution >= 4 is 0 Å². The first-order valence-corrected chi connectivity index (χ1v) is 8.96. The number of fused-ring (bicyclic) bond motifs is 1. The van der Waals surface area contributed by atoms with Crippen molar-refractivity contribution in [1.82, 2.24) is 0 Å². The van der Waals surface area contributed by atoms with Crippen LogP contribution in [0.3, 0.4) is 0 Å². The molecule has 2 heterocycles. The van der Waals surface area contributed by atoms with Gasteiger partial charge >= 0.3 is 0 Å². The van der Waals surface area contributed by atoms with Crippen molar-refractivity contribution in [3.8, 4) is 0 Å². The van der Waals surface area contributed by atoms with Crippen LogP contribution in [0, 0.1) is 0 Å². The van der Waals surface area contributed by atoms with E-state index < -0.39 is 0 Å². The molecule has 2 aromatic rings. The minimum Gasteiger partial charge on any atom is -0.374 e. The summed E-state index contributed by atoms with van der Waals surface area (Å²) in [6, 6.07) is 20.2. The molecule has 0 aromatic heterocycles. The Hall–Kier alpha value is -1.76. The largest absolute Gasteiger partial charge is 0.374 e. The summed E-state index contributed by atoms with van der Waals surface area (Å²) in [7, 11) is 1.64. The summed E-state index contributed by atoms with van der Waals surface area (Å²) in [6.07, 6.45) is -0.797. The third kappa shape index (κ3) is 4.14. The van der Waals surface area contributed by atoms with Crippen LogP contribution in [0.2, 0.25) is 0 Å². The van der Waals surface area contributed by atoms with Crippen molar-refractivity contribution in [2.45, 2.75) is 43.9 Å². The molecule has 0 saturated carbocycles. The Balaban J connectivity index is 1.35. The van der Waals surface area contributed by atoms with Gasteiger partial charge < -0.3 is 23.7 Å². The van der Waals surface area contributed by atoms with Crippen LogP contribution in [0.15, 0.2) is 60.7 Å². The second-order valence-electron chi connectivity index (χ2n) is 6.61. The van der Waals surface area contributed by atoms with Gasteiger partial charge in [-0.2, -0.15) is 0 Å². The molecule has 0 N–H and O–H groups in total. The molecule has 5 nitrogen and oxygen atoms in total. The van der Waals surface area contributed by atoms with Gasteiger partial charge in [0.15, 0.2) is 6.29 Å². The van der Waals surface area contributed by atoms with E-state index in [0.29, 0.717) is 19.8 Å². The molecule has 0 spiro atoms. The van der Waals surface area contributed by atoms with E-state index in [-0.39, 0.29) is 30.7 Å². The molecule has 0 unspecified atom stereocenters. The molecule has 0 radical (unpaired) electrons. The third-order valence-electron chi connectivity index (χ3n) is 4.74. The molecule has 5 atom stereocenters. The zero-order valence-electron chi connectivity index (χ0n) is 14.8. The summed E-state index contributed by atoms with van der Waals surface area (Å²) in [6.45, 7) is 1.49. The number of benzene rings is 2. The zero-order valence-corrected chi connectivity index (χ0v) is 14.8. The first-order valence-electron chi connectivity index (χ1n) is 8.96. The van der Waals surface area contributed by atoms with Crippen molar-refractivity contribution in [2.24, 2.45) is 0 Å². The van der Waals surface area contributed by atoms with Gasteiger partial charge in [-0.05, 0) is 11.1 Å². The van der Waals surface area contributed by atoms with Gasteiger partial charge in [0.05, 0.1) is 19.8 Å². The maximum Gasteiger partial charge on any atom is 0.186 e. The van der Waals surface area contributed by atoms with E-state index >= 15 is 0 Å². The van der Waals surface area contributed by atoms with Crippen LogP contribution in [-0.4, -0.2) is 44.4 Å². The van der Waals surface area contributed by atoms with Gasteiger partial charge in [0, 0.05) is 7.11 Å². The summed E-state index contributed by atoms with van der Waals surface area (Å²) < 4.78 is 29.2. The Bertz CT molecular complexity index is 677. The van der Waals surface area contributed by atoms with Gasteiger partial charge in [-0.25, -0.2) is 0 Å². The molecule has 26 heavy (non-hydrogen) atoms. The minimum atomic E-state index is -0.359. The van der Waals surface area contributed by atoms with E-state index in [4.69, 9.17) is 23.7 Å². The van der Waals surface area contributed by atoms with Crippen molar-refractivity contribution in [2.75, 3.05) is 13.7 Å². The molecule has 2 aliphatic heterocycles. The van der Waals surface area contributed by atoms with Gasteiger partial charge in [-0.1, -0.05) is 60.7 Å². The van der Waals surface area contributed by atoms with Crippen LogP contribution >= 0.6 is 0 Å². The third-order valence-corrected chi connectivity index (χ3v) is 4.74. The fourth-order valence-corrected chi connectivity index (χ4v) is 3.32. The lowest BCUT2D eigenvalue weighted by molar-refractivity contribution is -0.222. The second kappa shape index (κ2) is 8.29. The predicted octanol–water partition coefficient (Wildman–Crippen LogP) is 2.93. The molecule has 2 saturated heterocycles. The highest BCUT2D eigenvalue weighted by Crippen LogP contribution is 2.39. The Kier molecular flexibility index (Phi) is 5.62. The number of hydrogen-bond donors (Lipinski definition) is 0. The molecule has 0 bridgehead atoms. The zero-order chi connectivity index (χ0) is 17.8. The van der Waals surface area contributed by atoms with Gasteiger partial charge in [-0.3, -0.25) is 0 Å². The van der Waals surface area contributed by atoms with Gasteiger partial charge in [0.25, 0.3) is 0 Å². The van der Waals surface area contributed by atoms with Crippen LogP contribution in [0.5, 0.6) is 0 Å². The Morgan fingerprint density at radius 3 is 2.12 bits per heavy atom. The molecule has 2 fully saturated rings.